The summed E-state index contributed by atoms with van der Waals surface area (Å²) < 4.78 is 10.1. The number of aromatic nitrogens is 2. The first kappa shape index (κ1) is 13.5. The molecule has 1 aromatic carbocycles. The molecule has 0 saturated heterocycles. The van der Waals surface area contributed by atoms with Crippen LogP contribution in [0.3, 0.4) is 0 Å². The minimum atomic E-state index is -0.464. The zero-order valence-electron chi connectivity index (χ0n) is 11.3. The normalized spacial score (nSPS) is 10.5. The predicted molar refractivity (Wildman–Crippen MR) is 77.9 cm³/mol. The summed E-state index contributed by atoms with van der Waals surface area (Å²) in [6, 6.07) is 11.4. The van der Waals surface area contributed by atoms with E-state index in [1.54, 1.807) is 18.4 Å². The number of aryl methyl sites for hydroxylation is 1. The number of carbonyl (C=O) groups excluding carboxylic acids is 1. The Hall–Kier alpha value is -2.47. The van der Waals surface area contributed by atoms with Crippen LogP contribution >= 0.6 is 11.3 Å². The molecule has 0 fully saturated rings. The topological polar surface area (TPSA) is 65.2 Å². The van der Waals surface area contributed by atoms with Gasteiger partial charge < -0.3 is 9.26 Å². The fourth-order valence-corrected chi connectivity index (χ4v) is 2.58. The highest BCUT2D eigenvalue weighted by Crippen LogP contribution is 2.23. The van der Waals surface area contributed by atoms with E-state index in [4.69, 9.17) is 9.26 Å². The molecule has 106 valence electrons. The van der Waals surface area contributed by atoms with E-state index in [9.17, 15) is 4.79 Å². The van der Waals surface area contributed by atoms with Crippen molar-refractivity contribution in [3.63, 3.8) is 0 Å². The van der Waals surface area contributed by atoms with Gasteiger partial charge >= 0.3 is 5.97 Å². The summed E-state index contributed by atoms with van der Waals surface area (Å²) in [6.07, 6.45) is 0. The van der Waals surface area contributed by atoms with Crippen molar-refractivity contribution in [1.82, 2.24) is 10.1 Å². The Labute approximate surface area is 125 Å². The molecule has 0 radical (unpaired) electrons. The lowest BCUT2D eigenvalue weighted by Gasteiger charge is -1.99. The minimum Gasteiger partial charge on any atom is -0.454 e. The summed E-state index contributed by atoms with van der Waals surface area (Å²) in [6.45, 7) is 1.86. The first-order valence-corrected chi connectivity index (χ1v) is 7.20. The van der Waals surface area contributed by atoms with Crippen LogP contribution in [0.15, 0.2) is 46.3 Å². The first-order chi connectivity index (χ1) is 10.2. The molecule has 2 heterocycles. The summed E-state index contributed by atoms with van der Waals surface area (Å²) in [7, 11) is 0. The molecule has 0 unspecified atom stereocenters. The molecule has 0 bridgehead atoms. The van der Waals surface area contributed by atoms with Gasteiger partial charge in [-0.2, -0.15) is 0 Å². The van der Waals surface area contributed by atoms with Crippen LogP contribution in [0.2, 0.25) is 0 Å². The van der Waals surface area contributed by atoms with Gasteiger partial charge in [-0.25, -0.2) is 9.78 Å². The number of carbonyl (C=O) groups is 1. The van der Waals surface area contributed by atoms with Gasteiger partial charge in [-0.15, -0.1) is 11.3 Å². The Morgan fingerprint density at radius 3 is 2.86 bits per heavy atom. The first-order valence-electron chi connectivity index (χ1n) is 6.32. The van der Waals surface area contributed by atoms with Crippen LogP contribution in [0, 0.1) is 6.92 Å². The number of esters is 1. The molecule has 0 aliphatic rings. The van der Waals surface area contributed by atoms with Crippen LogP contribution in [0.4, 0.5) is 0 Å². The maximum Gasteiger partial charge on any atom is 0.358 e. The molecular weight excluding hydrogens is 288 g/mol. The molecule has 0 aliphatic carbocycles. The smallest absolute Gasteiger partial charge is 0.358 e. The van der Waals surface area contributed by atoms with Crippen LogP contribution in [-0.4, -0.2) is 16.1 Å². The zero-order valence-corrected chi connectivity index (χ0v) is 12.1. The van der Waals surface area contributed by atoms with Crippen LogP contribution in [0.1, 0.15) is 21.9 Å². The molecule has 0 saturated carbocycles. The molecule has 3 rings (SSSR count). The number of hydrogen-bond donors (Lipinski definition) is 0. The molecule has 5 nitrogen and oxygen atoms in total. The van der Waals surface area contributed by atoms with Crippen molar-refractivity contribution in [2.45, 2.75) is 13.5 Å². The molecule has 0 spiro atoms. The minimum absolute atomic E-state index is 0.0777. The Bertz CT molecular complexity index is 749. The molecule has 3 aromatic rings. The number of ether oxygens (including phenoxy) is 1. The molecule has 21 heavy (non-hydrogen) atoms. The third-order valence-corrected chi connectivity index (χ3v) is 3.65. The van der Waals surface area contributed by atoms with Gasteiger partial charge in [0.15, 0.2) is 5.69 Å². The van der Waals surface area contributed by atoms with Gasteiger partial charge in [-0.05, 0) is 6.92 Å². The quantitative estimate of drug-likeness (QED) is 0.690. The van der Waals surface area contributed by atoms with Crippen molar-refractivity contribution in [3.8, 4) is 10.6 Å². The Morgan fingerprint density at radius 2 is 2.14 bits per heavy atom. The highest BCUT2D eigenvalue weighted by Gasteiger charge is 2.14. The van der Waals surface area contributed by atoms with Gasteiger partial charge in [-0.1, -0.05) is 35.5 Å². The summed E-state index contributed by atoms with van der Waals surface area (Å²) in [5.41, 5.74) is 1.87. The van der Waals surface area contributed by atoms with Crippen LogP contribution in [0.5, 0.6) is 0 Å². The third-order valence-electron chi connectivity index (χ3n) is 2.76. The highest BCUT2D eigenvalue weighted by molar-refractivity contribution is 7.13. The third kappa shape index (κ3) is 3.17. The number of thiazole rings is 1. The number of nitrogens with zero attached hydrogens (tertiary/aromatic N) is 2. The fraction of sp³-hybridized carbons (Fsp3) is 0.133. The second-order valence-corrected chi connectivity index (χ2v) is 5.27. The zero-order chi connectivity index (χ0) is 14.7. The van der Waals surface area contributed by atoms with Crippen LogP contribution in [-0.2, 0) is 11.3 Å². The molecule has 0 amide bonds. The number of hydrogen-bond acceptors (Lipinski definition) is 6. The van der Waals surface area contributed by atoms with Crippen molar-refractivity contribution >= 4 is 17.3 Å². The van der Waals surface area contributed by atoms with Gasteiger partial charge in [0.25, 0.3) is 0 Å². The average molecular weight is 300 g/mol. The van der Waals surface area contributed by atoms with E-state index in [1.165, 1.54) is 11.3 Å². The molecule has 2 aromatic heterocycles. The summed E-state index contributed by atoms with van der Waals surface area (Å²) >= 11 is 1.41. The van der Waals surface area contributed by atoms with E-state index < -0.39 is 5.97 Å². The lowest BCUT2D eigenvalue weighted by molar-refractivity contribution is 0.0458. The average Bonchev–Trinajstić information content (AvgIpc) is 3.15. The summed E-state index contributed by atoms with van der Waals surface area (Å²) in [4.78, 5) is 16.2. The second kappa shape index (κ2) is 5.88. The van der Waals surface area contributed by atoms with Crippen molar-refractivity contribution in [2.24, 2.45) is 0 Å². The van der Waals surface area contributed by atoms with Gasteiger partial charge in [-0.3, -0.25) is 0 Å². The van der Waals surface area contributed by atoms with Crippen molar-refractivity contribution < 1.29 is 14.1 Å². The van der Waals surface area contributed by atoms with E-state index >= 15 is 0 Å². The van der Waals surface area contributed by atoms with Gasteiger partial charge in [0.05, 0.1) is 0 Å². The lowest BCUT2D eigenvalue weighted by atomic mass is 10.2. The lowest BCUT2D eigenvalue weighted by Crippen LogP contribution is -2.05. The Balaban J connectivity index is 1.67. The van der Waals surface area contributed by atoms with Crippen molar-refractivity contribution in [1.29, 1.82) is 0 Å². The second-order valence-electron chi connectivity index (χ2n) is 4.41. The molecule has 0 N–H and O–H groups in total. The maximum absolute atomic E-state index is 11.9. The molecule has 0 atom stereocenters. The molecule has 0 aliphatic heterocycles. The Morgan fingerprint density at radius 1 is 1.33 bits per heavy atom. The Kier molecular flexibility index (Phi) is 3.79. The highest BCUT2D eigenvalue weighted by atomic mass is 32.1. The van der Waals surface area contributed by atoms with E-state index in [1.807, 2.05) is 30.3 Å². The summed E-state index contributed by atoms with van der Waals surface area (Å²) in [5, 5.41) is 6.25. The van der Waals surface area contributed by atoms with Crippen LogP contribution < -0.4 is 0 Å². The maximum atomic E-state index is 11.9. The van der Waals surface area contributed by atoms with E-state index in [2.05, 4.69) is 10.1 Å². The number of benzene rings is 1. The predicted octanol–water partition coefficient (Wildman–Crippen LogP) is 3.46. The molecular formula is C15H12N2O3S. The van der Waals surface area contributed by atoms with Crippen LogP contribution in [0.25, 0.3) is 10.6 Å². The van der Waals surface area contributed by atoms with Crippen molar-refractivity contribution in [3.05, 3.63) is 58.9 Å². The van der Waals surface area contributed by atoms with Gasteiger partial charge in [0, 0.05) is 17.0 Å². The fourth-order valence-electron chi connectivity index (χ4n) is 1.78. The van der Waals surface area contributed by atoms with E-state index in [0.29, 0.717) is 17.1 Å². The largest absolute Gasteiger partial charge is 0.454 e. The number of rotatable bonds is 4. The van der Waals surface area contributed by atoms with Gasteiger partial charge in [0.2, 0.25) is 0 Å². The monoisotopic (exact) mass is 300 g/mol. The van der Waals surface area contributed by atoms with E-state index in [0.717, 1.165) is 10.6 Å². The van der Waals surface area contributed by atoms with Gasteiger partial charge in [0.1, 0.15) is 23.1 Å². The SMILES string of the molecule is Cc1cc(COC(=O)c2csc(-c3ccccc3)n2)no1. The standard InChI is InChI=1S/C15H12N2O3S/c1-10-7-12(17-20-10)8-19-15(18)13-9-21-14(16-13)11-5-3-2-4-6-11/h2-7,9H,8H2,1H3. The summed E-state index contributed by atoms with van der Waals surface area (Å²) in [5.74, 6) is 0.218. The van der Waals surface area contributed by atoms with E-state index in [-0.39, 0.29) is 6.61 Å². The molecule has 6 heteroatoms. The van der Waals surface area contributed by atoms with Crippen molar-refractivity contribution in [2.75, 3.05) is 0 Å².